The molecule has 104 valence electrons. The third-order valence-electron chi connectivity index (χ3n) is 3.86. The minimum Gasteiger partial charge on any atom is -0.398 e. The van der Waals surface area contributed by atoms with Crippen molar-refractivity contribution in [3.8, 4) is 0 Å². The van der Waals surface area contributed by atoms with Crippen LogP contribution in [0.15, 0.2) is 30.4 Å². The van der Waals surface area contributed by atoms with Crippen molar-refractivity contribution in [1.29, 1.82) is 0 Å². The number of rotatable bonds is 5. The van der Waals surface area contributed by atoms with E-state index in [0.717, 1.165) is 29.3 Å². The van der Waals surface area contributed by atoms with Crippen LogP contribution in [-0.4, -0.2) is 0 Å². The van der Waals surface area contributed by atoms with Crippen molar-refractivity contribution in [1.82, 2.24) is 0 Å². The number of nitrogen functional groups attached to an aromatic ring is 1. The molecule has 2 unspecified atom stereocenters. The van der Waals surface area contributed by atoms with Gasteiger partial charge in [-0.25, -0.2) is 0 Å². The topological polar surface area (TPSA) is 26.0 Å². The molecule has 0 saturated heterocycles. The highest BCUT2D eigenvalue weighted by molar-refractivity contribution is 5.55. The zero-order valence-electron chi connectivity index (χ0n) is 12.7. The van der Waals surface area contributed by atoms with Gasteiger partial charge in [0.2, 0.25) is 0 Å². The zero-order chi connectivity index (χ0) is 14.4. The van der Waals surface area contributed by atoms with Gasteiger partial charge in [-0.1, -0.05) is 64.5 Å². The molecule has 0 aliphatic rings. The summed E-state index contributed by atoms with van der Waals surface area (Å²) in [6.45, 7) is 13.0. The Morgan fingerprint density at radius 3 is 2.53 bits per heavy atom. The molecular formula is C18H27N. The number of nitrogens with two attached hydrogens (primary N) is 1. The summed E-state index contributed by atoms with van der Waals surface area (Å²) >= 11 is 0. The molecule has 0 saturated carbocycles. The first-order valence-corrected chi connectivity index (χ1v) is 7.26. The van der Waals surface area contributed by atoms with Crippen LogP contribution in [0.3, 0.4) is 0 Å². The molecule has 0 aliphatic heterocycles. The quantitative estimate of drug-likeness (QED) is 0.803. The third kappa shape index (κ3) is 4.27. The molecule has 0 fully saturated rings. The molecule has 0 radical (unpaired) electrons. The highest BCUT2D eigenvalue weighted by Gasteiger charge is 2.02. The molecule has 0 aromatic heterocycles. The molecule has 0 bridgehead atoms. The van der Waals surface area contributed by atoms with E-state index in [-0.39, 0.29) is 0 Å². The van der Waals surface area contributed by atoms with Gasteiger partial charge in [0.05, 0.1) is 0 Å². The van der Waals surface area contributed by atoms with Gasteiger partial charge in [-0.2, -0.15) is 0 Å². The van der Waals surface area contributed by atoms with Gasteiger partial charge in [-0.05, 0) is 35.6 Å². The summed E-state index contributed by atoms with van der Waals surface area (Å²) in [6, 6.07) is 6.12. The highest BCUT2D eigenvalue weighted by atomic mass is 14.5. The van der Waals surface area contributed by atoms with Crippen molar-refractivity contribution in [3.63, 3.8) is 0 Å². The van der Waals surface area contributed by atoms with Crippen LogP contribution in [0.25, 0.3) is 12.2 Å². The summed E-state index contributed by atoms with van der Waals surface area (Å²) < 4.78 is 0. The summed E-state index contributed by atoms with van der Waals surface area (Å²) in [7, 11) is 0. The highest BCUT2D eigenvalue weighted by Crippen LogP contribution is 2.13. The molecule has 1 aromatic carbocycles. The van der Waals surface area contributed by atoms with Crippen molar-refractivity contribution in [3.05, 3.63) is 40.8 Å². The lowest BCUT2D eigenvalue weighted by atomic mass is 9.97. The number of allylic oxidation sites excluding steroid dienone is 1. The van der Waals surface area contributed by atoms with Crippen molar-refractivity contribution < 1.29 is 0 Å². The molecule has 0 heterocycles. The van der Waals surface area contributed by atoms with E-state index in [1.54, 1.807) is 0 Å². The van der Waals surface area contributed by atoms with Crippen molar-refractivity contribution in [2.24, 2.45) is 11.8 Å². The molecular weight excluding hydrogens is 230 g/mol. The number of benzene rings is 1. The van der Waals surface area contributed by atoms with Crippen molar-refractivity contribution in [2.45, 2.75) is 40.5 Å². The Labute approximate surface area is 117 Å². The molecule has 1 nitrogen and oxygen atoms in total. The van der Waals surface area contributed by atoms with Gasteiger partial charge < -0.3 is 5.73 Å². The Hall–Kier alpha value is -1.50. The maximum absolute atomic E-state index is 6.14. The SMILES string of the molecule is C=C(/C=c1/c(N)ccc/c1=C/C(C)CC)C(C)CC. The van der Waals surface area contributed by atoms with E-state index >= 15 is 0 Å². The lowest BCUT2D eigenvalue weighted by molar-refractivity contribution is 0.679. The second kappa shape index (κ2) is 7.18. The molecule has 0 aliphatic carbocycles. The van der Waals surface area contributed by atoms with Crippen LogP contribution in [0.4, 0.5) is 5.69 Å². The molecule has 0 spiro atoms. The summed E-state index contributed by atoms with van der Waals surface area (Å²) in [6.07, 6.45) is 6.69. The largest absolute Gasteiger partial charge is 0.398 e. The fraction of sp³-hybridized carbons (Fsp3) is 0.444. The van der Waals surface area contributed by atoms with Crippen LogP contribution in [0.5, 0.6) is 0 Å². The van der Waals surface area contributed by atoms with E-state index < -0.39 is 0 Å². The summed E-state index contributed by atoms with van der Waals surface area (Å²) in [5.74, 6) is 1.06. The molecule has 2 atom stereocenters. The maximum atomic E-state index is 6.14. The number of hydrogen-bond acceptors (Lipinski definition) is 1. The Kier molecular flexibility index (Phi) is 5.88. The fourth-order valence-electron chi connectivity index (χ4n) is 1.93. The molecule has 1 aromatic rings. The van der Waals surface area contributed by atoms with Gasteiger partial charge in [0.1, 0.15) is 0 Å². The van der Waals surface area contributed by atoms with E-state index in [0.29, 0.717) is 11.8 Å². The standard InChI is InChI=1S/C18H27N/c1-6-13(3)11-16-9-8-10-18(19)17(16)12-15(5)14(4)7-2/h8-14H,5-7,19H2,1-4H3/b16-11-,17-12+. The summed E-state index contributed by atoms with van der Waals surface area (Å²) in [4.78, 5) is 0. The van der Waals surface area contributed by atoms with Gasteiger partial charge in [0.15, 0.2) is 0 Å². The van der Waals surface area contributed by atoms with Crippen LogP contribution < -0.4 is 16.2 Å². The van der Waals surface area contributed by atoms with Gasteiger partial charge >= 0.3 is 0 Å². The maximum Gasteiger partial charge on any atom is 0.0393 e. The van der Waals surface area contributed by atoms with Gasteiger partial charge in [-0.3, -0.25) is 0 Å². The first-order chi connectivity index (χ1) is 8.99. The minimum atomic E-state index is 0.496. The van der Waals surface area contributed by atoms with Crippen LogP contribution in [0.2, 0.25) is 0 Å². The third-order valence-corrected chi connectivity index (χ3v) is 3.86. The Balaban J connectivity index is 3.38. The Morgan fingerprint density at radius 1 is 1.26 bits per heavy atom. The van der Waals surface area contributed by atoms with Crippen LogP contribution >= 0.6 is 0 Å². The van der Waals surface area contributed by atoms with Crippen LogP contribution in [-0.2, 0) is 0 Å². The first kappa shape index (κ1) is 15.6. The molecule has 19 heavy (non-hydrogen) atoms. The summed E-state index contributed by atoms with van der Waals surface area (Å²) in [5.41, 5.74) is 8.12. The average molecular weight is 257 g/mol. The van der Waals surface area contributed by atoms with Crippen molar-refractivity contribution in [2.75, 3.05) is 5.73 Å². The Morgan fingerprint density at radius 2 is 1.95 bits per heavy atom. The smallest absolute Gasteiger partial charge is 0.0393 e. The van der Waals surface area contributed by atoms with Gasteiger partial charge in [0, 0.05) is 10.9 Å². The normalized spacial score (nSPS) is 16.4. The van der Waals surface area contributed by atoms with E-state index in [1.807, 2.05) is 12.1 Å². The predicted molar refractivity (Wildman–Crippen MR) is 87.1 cm³/mol. The monoisotopic (exact) mass is 257 g/mol. The van der Waals surface area contributed by atoms with Crippen molar-refractivity contribution >= 4 is 17.8 Å². The lowest BCUT2D eigenvalue weighted by Crippen LogP contribution is -2.28. The predicted octanol–water partition coefficient (Wildman–Crippen LogP) is 3.48. The second-order valence-corrected chi connectivity index (χ2v) is 5.43. The first-order valence-electron chi connectivity index (χ1n) is 7.26. The van der Waals surface area contributed by atoms with Crippen LogP contribution in [0, 0.1) is 11.8 Å². The van der Waals surface area contributed by atoms with E-state index in [1.165, 1.54) is 5.22 Å². The lowest BCUT2D eigenvalue weighted by Gasteiger charge is -2.08. The molecule has 1 rings (SSSR count). The van der Waals surface area contributed by atoms with E-state index in [4.69, 9.17) is 5.73 Å². The fourth-order valence-corrected chi connectivity index (χ4v) is 1.93. The molecule has 2 N–H and O–H groups in total. The summed E-state index contributed by atoms with van der Waals surface area (Å²) in [5, 5.41) is 2.34. The molecule has 0 amide bonds. The van der Waals surface area contributed by atoms with E-state index in [9.17, 15) is 0 Å². The Bertz CT molecular complexity index is 539. The molecule has 1 heteroatoms. The van der Waals surface area contributed by atoms with E-state index in [2.05, 4.69) is 52.5 Å². The average Bonchev–Trinajstić information content (AvgIpc) is 2.41. The van der Waals surface area contributed by atoms with Crippen LogP contribution in [0.1, 0.15) is 40.5 Å². The number of anilines is 1. The minimum absolute atomic E-state index is 0.496. The number of hydrogen-bond donors (Lipinski definition) is 1. The van der Waals surface area contributed by atoms with Gasteiger partial charge in [0.25, 0.3) is 0 Å². The van der Waals surface area contributed by atoms with Gasteiger partial charge in [-0.15, -0.1) is 0 Å². The second-order valence-electron chi connectivity index (χ2n) is 5.43. The zero-order valence-corrected chi connectivity index (χ0v) is 12.7.